The SMILES string of the molecule is COc1cc(C)c([C@@H](C(C)C)[C@H]([NH3+])C(=O)[O-])c(C)c1. The van der Waals surface area contributed by atoms with Crippen LogP contribution in [0.25, 0.3) is 0 Å². The summed E-state index contributed by atoms with van der Waals surface area (Å²) in [5.41, 5.74) is 6.87. The second kappa shape index (κ2) is 6.06. The van der Waals surface area contributed by atoms with E-state index in [4.69, 9.17) is 4.74 Å². The third kappa shape index (κ3) is 3.26. The first-order chi connectivity index (χ1) is 8.79. The smallest absolute Gasteiger partial charge is 0.132 e. The zero-order valence-corrected chi connectivity index (χ0v) is 12.3. The third-order valence-corrected chi connectivity index (χ3v) is 3.59. The monoisotopic (exact) mass is 265 g/mol. The average Bonchev–Trinajstić information content (AvgIpc) is 2.31. The lowest BCUT2D eigenvalue weighted by Gasteiger charge is -2.29. The van der Waals surface area contributed by atoms with Gasteiger partial charge in [0.25, 0.3) is 0 Å². The normalized spacial score (nSPS) is 14.3. The number of methoxy groups -OCH3 is 1. The molecule has 0 aliphatic heterocycles. The Labute approximate surface area is 114 Å². The van der Waals surface area contributed by atoms with Crippen LogP contribution < -0.4 is 15.6 Å². The molecule has 3 N–H and O–H groups in total. The molecular weight excluding hydrogens is 242 g/mol. The Hall–Kier alpha value is -1.55. The summed E-state index contributed by atoms with van der Waals surface area (Å²) in [6, 6.07) is 3.10. The van der Waals surface area contributed by atoms with Crippen molar-refractivity contribution in [3.05, 3.63) is 28.8 Å². The van der Waals surface area contributed by atoms with E-state index in [-0.39, 0.29) is 11.8 Å². The van der Waals surface area contributed by atoms with Gasteiger partial charge in [-0.25, -0.2) is 0 Å². The molecule has 0 aliphatic rings. The van der Waals surface area contributed by atoms with Crippen LogP contribution in [0.15, 0.2) is 12.1 Å². The molecule has 106 valence electrons. The zero-order chi connectivity index (χ0) is 14.7. The number of carboxylic acid groups (broad SMARTS) is 1. The van der Waals surface area contributed by atoms with Crippen LogP contribution in [0.4, 0.5) is 0 Å². The largest absolute Gasteiger partial charge is 0.544 e. The number of ether oxygens (including phenoxy) is 1. The number of rotatable bonds is 5. The van der Waals surface area contributed by atoms with Gasteiger partial charge in [0.15, 0.2) is 0 Å². The quantitative estimate of drug-likeness (QED) is 0.837. The average molecular weight is 265 g/mol. The molecule has 0 aromatic heterocycles. The molecule has 1 rings (SSSR count). The van der Waals surface area contributed by atoms with Crippen LogP contribution in [0.1, 0.15) is 36.5 Å². The lowest BCUT2D eigenvalue weighted by molar-refractivity contribution is -0.444. The Bertz CT molecular complexity index is 445. The minimum Gasteiger partial charge on any atom is -0.544 e. The van der Waals surface area contributed by atoms with Gasteiger partial charge in [0.05, 0.1) is 13.1 Å². The molecule has 19 heavy (non-hydrogen) atoms. The molecule has 0 bridgehead atoms. The van der Waals surface area contributed by atoms with Gasteiger partial charge in [-0.2, -0.15) is 0 Å². The fraction of sp³-hybridized carbons (Fsp3) is 0.533. The molecule has 0 amide bonds. The van der Waals surface area contributed by atoms with Crippen LogP contribution in [0.2, 0.25) is 0 Å². The van der Waals surface area contributed by atoms with Crippen molar-refractivity contribution in [1.82, 2.24) is 0 Å². The number of carbonyl (C=O) groups is 1. The maximum Gasteiger partial charge on any atom is 0.132 e. The van der Waals surface area contributed by atoms with Crippen molar-refractivity contribution in [2.45, 2.75) is 39.7 Å². The van der Waals surface area contributed by atoms with Crippen molar-refractivity contribution in [2.75, 3.05) is 7.11 Å². The molecule has 0 unspecified atom stereocenters. The number of carbonyl (C=O) groups excluding carboxylic acids is 1. The van der Waals surface area contributed by atoms with E-state index < -0.39 is 12.0 Å². The predicted molar refractivity (Wildman–Crippen MR) is 71.7 cm³/mol. The van der Waals surface area contributed by atoms with Gasteiger partial charge in [-0.3, -0.25) is 0 Å². The topological polar surface area (TPSA) is 77.0 Å². The van der Waals surface area contributed by atoms with E-state index in [0.717, 1.165) is 22.4 Å². The molecule has 0 aliphatic carbocycles. The van der Waals surface area contributed by atoms with Crippen LogP contribution in [-0.4, -0.2) is 19.1 Å². The Balaban J connectivity index is 3.35. The standard InChI is InChI=1S/C15H23NO3/c1-8(2)12(14(16)15(17)18)13-9(3)6-11(19-5)7-10(13)4/h6-8,12,14H,16H2,1-5H3,(H,17,18)/t12-,14+/m1/s1. The maximum atomic E-state index is 11.2. The Morgan fingerprint density at radius 2 is 1.74 bits per heavy atom. The number of hydrogen-bond donors (Lipinski definition) is 1. The molecule has 0 fully saturated rings. The van der Waals surface area contributed by atoms with Crippen molar-refractivity contribution in [3.8, 4) is 5.75 Å². The summed E-state index contributed by atoms with van der Waals surface area (Å²) in [6.07, 6.45) is 0. The Morgan fingerprint density at radius 3 is 2.05 bits per heavy atom. The molecule has 0 heterocycles. The fourth-order valence-electron chi connectivity index (χ4n) is 2.72. The molecule has 0 radical (unpaired) electrons. The van der Waals surface area contributed by atoms with Gasteiger partial charge in [-0.15, -0.1) is 0 Å². The van der Waals surface area contributed by atoms with Gasteiger partial charge in [0.1, 0.15) is 11.8 Å². The van der Waals surface area contributed by atoms with Crippen LogP contribution in [0.5, 0.6) is 5.75 Å². The van der Waals surface area contributed by atoms with Crippen molar-refractivity contribution in [3.63, 3.8) is 0 Å². The van der Waals surface area contributed by atoms with Crippen molar-refractivity contribution in [2.24, 2.45) is 5.92 Å². The highest BCUT2D eigenvalue weighted by Crippen LogP contribution is 2.33. The zero-order valence-electron chi connectivity index (χ0n) is 12.3. The number of hydrogen-bond acceptors (Lipinski definition) is 3. The molecule has 4 nitrogen and oxygen atoms in total. The van der Waals surface area contributed by atoms with E-state index in [0.29, 0.717) is 0 Å². The van der Waals surface area contributed by atoms with E-state index in [1.54, 1.807) is 7.11 Å². The second-order valence-corrected chi connectivity index (χ2v) is 5.37. The van der Waals surface area contributed by atoms with Crippen molar-refractivity contribution >= 4 is 5.97 Å². The first kappa shape index (κ1) is 15.5. The highest BCUT2D eigenvalue weighted by atomic mass is 16.5. The van der Waals surface area contributed by atoms with Crippen LogP contribution in [-0.2, 0) is 4.79 Å². The van der Waals surface area contributed by atoms with E-state index in [1.165, 1.54) is 0 Å². The first-order valence-electron chi connectivity index (χ1n) is 6.48. The molecule has 0 saturated carbocycles. The molecule has 1 aromatic rings. The van der Waals surface area contributed by atoms with Gasteiger partial charge >= 0.3 is 0 Å². The van der Waals surface area contributed by atoms with E-state index in [2.05, 4.69) is 5.73 Å². The van der Waals surface area contributed by atoms with Gasteiger partial charge < -0.3 is 20.4 Å². The maximum absolute atomic E-state index is 11.2. The van der Waals surface area contributed by atoms with Crippen LogP contribution >= 0.6 is 0 Å². The molecular formula is C15H23NO3. The van der Waals surface area contributed by atoms with Gasteiger partial charge in [-0.05, 0) is 48.6 Å². The van der Waals surface area contributed by atoms with Crippen molar-refractivity contribution < 1.29 is 20.4 Å². The minimum absolute atomic E-state index is 0.157. The second-order valence-electron chi connectivity index (χ2n) is 5.37. The van der Waals surface area contributed by atoms with Gasteiger partial charge in [0, 0.05) is 5.92 Å². The molecule has 0 saturated heterocycles. The van der Waals surface area contributed by atoms with Crippen LogP contribution in [0.3, 0.4) is 0 Å². The van der Waals surface area contributed by atoms with Crippen LogP contribution in [0, 0.1) is 19.8 Å². The lowest BCUT2D eigenvalue weighted by atomic mass is 9.78. The fourth-order valence-corrected chi connectivity index (χ4v) is 2.72. The highest BCUT2D eigenvalue weighted by Gasteiger charge is 2.30. The molecule has 2 atom stereocenters. The molecule has 0 spiro atoms. The van der Waals surface area contributed by atoms with Crippen molar-refractivity contribution in [1.29, 1.82) is 0 Å². The summed E-state index contributed by atoms with van der Waals surface area (Å²) in [5, 5.41) is 11.2. The predicted octanol–water partition coefficient (Wildman–Crippen LogP) is 0.412. The lowest BCUT2D eigenvalue weighted by Crippen LogP contribution is -2.71. The summed E-state index contributed by atoms with van der Waals surface area (Å²) in [4.78, 5) is 11.2. The number of aliphatic carboxylic acids is 1. The third-order valence-electron chi connectivity index (χ3n) is 3.59. The summed E-state index contributed by atoms with van der Waals surface area (Å²) in [7, 11) is 1.62. The Kier molecular flexibility index (Phi) is 4.95. The van der Waals surface area contributed by atoms with E-state index in [9.17, 15) is 9.90 Å². The summed E-state index contributed by atoms with van der Waals surface area (Å²) < 4.78 is 5.23. The minimum atomic E-state index is -1.10. The highest BCUT2D eigenvalue weighted by molar-refractivity contribution is 5.71. The Morgan fingerprint density at radius 1 is 1.26 bits per heavy atom. The van der Waals surface area contributed by atoms with E-state index in [1.807, 2.05) is 39.8 Å². The number of benzene rings is 1. The summed E-state index contributed by atoms with van der Waals surface area (Å²) in [5.74, 6) is -0.300. The number of carboxylic acids is 1. The summed E-state index contributed by atoms with van der Waals surface area (Å²) >= 11 is 0. The van der Waals surface area contributed by atoms with Gasteiger partial charge in [0.2, 0.25) is 0 Å². The molecule has 1 aromatic carbocycles. The number of quaternary nitrogens is 1. The molecule has 4 heteroatoms. The number of aryl methyl sites for hydroxylation is 2. The van der Waals surface area contributed by atoms with Gasteiger partial charge in [-0.1, -0.05) is 13.8 Å². The summed E-state index contributed by atoms with van der Waals surface area (Å²) in [6.45, 7) is 7.97. The first-order valence-corrected chi connectivity index (χ1v) is 6.48. The van der Waals surface area contributed by atoms with E-state index >= 15 is 0 Å².